The van der Waals surface area contributed by atoms with E-state index in [0.717, 1.165) is 102 Å². The van der Waals surface area contributed by atoms with Crippen LogP contribution in [0.2, 0.25) is 0 Å². The lowest BCUT2D eigenvalue weighted by atomic mass is 10.1. The maximum absolute atomic E-state index is 9.30. The van der Waals surface area contributed by atoms with Gasteiger partial charge < -0.3 is 19.4 Å². The van der Waals surface area contributed by atoms with E-state index >= 15 is 0 Å². The lowest BCUT2D eigenvalue weighted by Crippen LogP contribution is -2.51. The van der Waals surface area contributed by atoms with Crippen LogP contribution in [0.5, 0.6) is 5.75 Å². The molecule has 2 fully saturated rings. The molecule has 3 aliphatic rings. The Bertz CT molecular complexity index is 1100. The normalized spacial score (nSPS) is 21.1. The molecule has 0 radical (unpaired) electrons. The van der Waals surface area contributed by atoms with E-state index in [2.05, 4.69) is 85.7 Å². The highest BCUT2D eigenvalue weighted by atomic mass is 16.5. The van der Waals surface area contributed by atoms with Gasteiger partial charge in [0.2, 0.25) is 5.82 Å². The Kier molecular flexibility index (Phi) is 8.62. The summed E-state index contributed by atoms with van der Waals surface area (Å²) in [5.74, 6) is 2.73. The standard InChI is InChI=1S/C29H42N8O/c1-23(2)21-37-25(18-24-20-31-28(19-30)32-29(24)37)22-35-12-14-36(15-13-35)26-6-4-5-7-27(26)38-17-16-34-10-8-33(3)9-11-34/h4-7,20,23,25H,8-18,21-22H2,1-3H3. The van der Waals surface area contributed by atoms with Gasteiger partial charge in [-0.15, -0.1) is 0 Å². The number of ether oxygens (including phenoxy) is 1. The Morgan fingerprint density at radius 3 is 2.50 bits per heavy atom. The summed E-state index contributed by atoms with van der Waals surface area (Å²) in [7, 11) is 2.19. The van der Waals surface area contributed by atoms with Gasteiger partial charge in [0.1, 0.15) is 24.2 Å². The number of anilines is 2. The first-order valence-electron chi connectivity index (χ1n) is 14.1. The molecular formula is C29H42N8O. The molecule has 1 aromatic carbocycles. The van der Waals surface area contributed by atoms with Gasteiger partial charge in [-0.3, -0.25) is 9.80 Å². The Morgan fingerprint density at radius 1 is 1.03 bits per heavy atom. The van der Waals surface area contributed by atoms with Crippen LogP contribution in [0.15, 0.2) is 30.5 Å². The zero-order valence-electron chi connectivity index (χ0n) is 23.2. The molecule has 4 heterocycles. The lowest BCUT2D eigenvalue weighted by molar-refractivity contribution is 0.134. The lowest BCUT2D eigenvalue weighted by Gasteiger charge is -2.39. The molecule has 0 aliphatic carbocycles. The van der Waals surface area contributed by atoms with Gasteiger partial charge in [0.05, 0.1) is 5.69 Å². The molecule has 9 nitrogen and oxygen atoms in total. The van der Waals surface area contributed by atoms with Crippen LogP contribution in [-0.4, -0.2) is 116 Å². The van der Waals surface area contributed by atoms with E-state index in [1.807, 2.05) is 6.20 Å². The van der Waals surface area contributed by atoms with Crippen molar-refractivity contribution in [3.8, 4) is 11.8 Å². The number of para-hydroxylation sites is 2. The minimum Gasteiger partial charge on any atom is -0.490 e. The first-order chi connectivity index (χ1) is 18.5. The molecule has 1 aromatic heterocycles. The summed E-state index contributed by atoms with van der Waals surface area (Å²) < 4.78 is 6.31. The number of hydrogen-bond acceptors (Lipinski definition) is 9. The topological polar surface area (TPSA) is 75.0 Å². The predicted molar refractivity (Wildman–Crippen MR) is 151 cm³/mol. The van der Waals surface area contributed by atoms with E-state index in [-0.39, 0.29) is 5.82 Å². The van der Waals surface area contributed by atoms with Crippen molar-refractivity contribution in [1.29, 1.82) is 5.26 Å². The molecule has 1 unspecified atom stereocenters. The average molecular weight is 519 g/mol. The molecular weight excluding hydrogens is 476 g/mol. The van der Waals surface area contributed by atoms with Crippen LogP contribution in [-0.2, 0) is 6.42 Å². The second-order valence-corrected chi connectivity index (χ2v) is 11.3. The number of likely N-dealkylation sites (N-methyl/N-ethyl adjacent to an activating group) is 1. The quantitative estimate of drug-likeness (QED) is 0.497. The summed E-state index contributed by atoms with van der Waals surface area (Å²) in [6.45, 7) is 16.7. The van der Waals surface area contributed by atoms with E-state index in [0.29, 0.717) is 12.0 Å². The van der Waals surface area contributed by atoms with Gasteiger partial charge in [0.25, 0.3) is 0 Å². The van der Waals surface area contributed by atoms with E-state index in [9.17, 15) is 5.26 Å². The molecule has 204 valence electrons. The van der Waals surface area contributed by atoms with Crippen LogP contribution < -0.4 is 14.5 Å². The molecule has 5 rings (SSSR count). The maximum atomic E-state index is 9.30. The largest absolute Gasteiger partial charge is 0.490 e. The highest BCUT2D eigenvalue weighted by Crippen LogP contribution is 2.32. The number of hydrogen-bond donors (Lipinski definition) is 0. The molecule has 0 saturated carbocycles. The fourth-order valence-corrected chi connectivity index (χ4v) is 5.84. The number of fused-ring (bicyclic) bond motifs is 1. The monoisotopic (exact) mass is 518 g/mol. The zero-order chi connectivity index (χ0) is 26.5. The van der Waals surface area contributed by atoms with Gasteiger partial charge in [0.15, 0.2) is 0 Å². The zero-order valence-corrected chi connectivity index (χ0v) is 23.2. The minimum absolute atomic E-state index is 0.260. The molecule has 0 N–H and O–H groups in total. The number of aromatic nitrogens is 2. The Balaban J connectivity index is 1.15. The Morgan fingerprint density at radius 2 is 1.76 bits per heavy atom. The number of nitriles is 1. The van der Waals surface area contributed by atoms with Gasteiger partial charge in [-0.05, 0) is 31.5 Å². The molecule has 0 spiro atoms. The summed E-state index contributed by atoms with van der Waals surface area (Å²) in [5.41, 5.74) is 2.37. The minimum atomic E-state index is 0.260. The van der Waals surface area contributed by atoms with Crippen LogP contribution in [0.3, 0.4) is 0 Å². The molecule has 2 aromatic rings. The summed E-state index contributed by atoms with van der Waals surface area (Å²) >= 11 is 0. The third-order valence-electron chi connectivity index (χ3n) is 7.98. The molecule has 1 atom stereocenters. The number of nitrogens with zero attached hydrogens (tertiary/aromatic N) is 8. The van der Waals surface area contributed by atoms with Crippen LogP contribution in [0.25, 0.3) is 0 Å². The van der Waals surface area contributed by atoms with Crippen molar-refractivity contribution < 1.29 is 4.74 Å². The molecule has 2 saturated heterocycles. The van der Waals surface area contributed by atoms with E-state index in [1.165, 1.54) is 5.69 Å². The smallest absolute Gasteiger partial charge is 0.234 e. The van der Waals surface area contributed by atoms with Gasteiger partial charge in [-0.25, -0.2) is 9.97 Å². The Hall–Kier alpha value is -2.93. The van der Waals surface area contributed by atoms with Crippen LogP contribution >= 0.6 is 0 Å². The number of piperazine rings is 2. The second-order valence-electron chi connectivity index (χ2n) is 11.3. The molecule has 9 heteroatoms. The van der Waals surface area contributed by atoms with Gasteiger partial charge >= 0.3 is 0 Å². The summed E-state index contributed by atoms with van der Waals surface area (Å²) in [6, 6.07) is 11.0. The third-order valence-corrected chi connectivity index (χ3v) is 7.98. The van der Waals surface area contributed by atoms with Crippen molar-refractivity contribution in [2.45, 2.75) is 26.3 Å². The first-order valence-corrected chi connectivity index (χ1v) is 14.1. The molecule has 3 aliphatic heterocycles. The molecule has 38 heavy (non-hydrogen) atoms. The summed E-state index contributed by atoms with van der Waals surface area (Å²) in [4.78, 5) is 21.2. The van der Waals surface area contributed by atoms with Crippen molar-refractivity contribution in [3.63, 3.8) is 0 Å². The van der Waals surface area contributed by atoms with Crippen molar-refractivity contribution in [1.82, 2.24) is 24.7 Å². The fourth-order valence-electron chi connectivity index (χ4n) is 5.84. The molecule has 0 bridgehead atoms. The van der Waals surface area contributed by atoms with E-state index in [1.54, 1.807) is 0 Å². The highest BCUT2D eigenvalue weighted by Gasteiger charge is 2.34. The first kappa shape index (κ1) is 26.7. The van der Waals surface area contributed by atoms with Gasteiger partial charge in [-0.2, -0.15) is 5.26 Å². The van der Waals surface area contributed by atoms with Crippen LogP contribution in [0.4, 0.5) is 11.5 Å². The maximum Gasteiger partial charge on any atom is 0.234 e. The summed E-state index contributed by atoms with van der Waals surface area (Å²) in [5, 5.41) is 9.30. The SMILES string of the molecule is CC(C)CN1c2nc(C#N)ncc2CC1CN1CCN(c2ccccc2OCCN2CCN(C)CC2)CC1. The van der Waals surface area contributed by atoms with Crippen molar-refractivity contribution in [2.75, 3.05) is 95.4 Å². The van der Waals surface area contributed by atoms with Gasteiger partial charge in [0, 0.05) is 89.8 Å². The van der Waals surface area contributed by atoms with Crippen LogP contribution in [0.1, 0.15) is 25.2 Å². The van der Waals surface area contributed by atoms with Crippen molar-refractivity contribution in [2.24, 2.45) is 5.92 Å². The number of rotatable bonds is 9. The number of benzene rings is 1. The fraction of sp³-hybridized carbons (Fsp3) is 0.621. The predicted octanol–water partition coefficient (Wildman–Crippen LogP) is 2.18. The average Bonchev–Trinajstić information content (AvgIpc) is 3.26. The van der Waals surface area contributed by atoms with E-state index < -0.39 is 0 Å². The van der Waals surface area contributed by atoms with Crippen molar-refractivity contribution >= 4 is 11.5 Å². The van der Waals surface area contributed by atoms with Gasteiger partial charge in [-0.1, -0.05) is 26.0 Å². The Labute approximate surface area is 227 Å². The second kappa shape index (κ2) is 12.3. The summed E-state index contributed by atoms with van der Waals surface area (Å²) in [6.07, 6.45) is 2.80. The van der Waals surface area contributed by atoms with Crippen molar-refractivity contribution in [3.05, 3.63) is 41.9 Å². The third kappa shape index (κ3) is 6.37. The van der Waals surface area contributed by atoms with Crippen LogP contribution in [0, 0.1) is 17.2 Å². The highest BCUT2D eigenvalue weighted by molar-refractivity contribution is 5.59. The van der Waals surface area contributed by atoms with E-state index in [4.69, 9.17) is 4.74 Å². The molecule has 0 amide bonds.